The number of carbonyl (C=O) groups is 1. The van der Waals surface area contributed by atoms with Crippen LogP contribution in [0.15, 0.2) is 0 Å². The number of rotatable bonds is 3. The van der Waals surface area contributed by atoms with Gasteiger partial charge in [-0.15, -0.1) is 0 Å². The van der Waals surface area contributed by atoms with Gasteiger partial charge in [-0.2, -0.15) is 0 Å². The van der Waals surface area contributed by atoms with E-state index >= 15 is 0 Å². The number of likely N-dealkylation sites (tertiary alicyclic amines) is 1. The monoisotopic (exact) mass is 333 g/mol. The fourth-order valence-electron chi connectivity index (χ4n) is 3.65. The van der Waals surface area contributed by atoms with Crippen molar-refractivity contribution in [3.8, 4) is 0 Å². The number of nitrogens with zero attached hydrogens (tertiary/aromatic N) is 1. The van der Waals surface area contributed by atoms with Gasteiger partial charge in [-0.25, -0.2) is 4.79 Å². The maximum Gasteiger partial charge on any atom is 0.411 e. The van der Waals surface area contributed by atoms with E-state index in [9.17, 15) is 9.36 Å². The molecular weight excluding hydrogens is 305 g/mol. The maximum absolute atomic E-state index is 13.0. The zero-order valence-corrected chi connectivity index (χ0v) is 15.1. The van der Waals surface area contributed by atoms with E-state index in [1.807, 2.05) is 20.8 Å². The fraction of sp³-hybridized carbons (Fsp3) is 0.933. The Bertz CT molecular complexity index is 453. The molecule has 0 aromatic heterocycles. The average Bonchev–Trinajstić information content (AvgIpc) is 2.85. The Morgan fingerprint density at radius 3 is 2.27 bits per heavy atom. The van der Waals surface area contributed by atoms with E-state index in [4.69, 9.17) is 13.8 Å². The van der Waals surface area contributed by atoms with Gasteiger partial charge in [-0.1, -0.05) is 12.8 Å². The minimum atomic E-state index is -3.37. The molecule has 7 heteroatoms. The van der Waals surface area contributed by atoms with Crippen molar-refractivity contribution in [3.05, 3.63) is 0 Å². The van der Waals surface area contributed by atoms with E-state index in [0.717, 1.165) is 25.7 Å². The van der Waals surface area contributed by atoms with Crippen LogP contribution in [0.5, 0.6) is 0 Å². The van der Waals surface area contributed by atoms with E-state index in [2.05, 4.69) is 0 Å². The summed E-state index contributed by atoms with van der Waals surface area (Å²) in [6, 6.07) is 0. The lowest BCUT2D eigenvalue weighted by molar-refractivity contribution is 0.0237. The predicted molar refractivity (Wildman–Crippen MR) is 83.8 cm³/mol. The lowest BCUT2D eigenvalue weighted by Crippen LogP contribution is -2.41. The third-order valence-corrected chi connectivity index (χ3v) is 6.89. The summed E-state index contributed by atoms with van der Waals surface area (Å²) in [4.78, 5) is 14.1. The summed E-state index contributed by atoms with van der Waals surface area (Å²) < 4.78 is 28.9. The fourth-order valence-corrected chi connectivity index (χ4v) is 5.62. The molecule has 0 aromatic carbocycles. The Labute approximate surface area is 133 Å². The molecule has 22 heavy (non-hydrogen) atoms. The van der Waals surface area contributed by atoms with Crippen LogP contribution in [0.3, 0.4) is 0 Å². The number of hydrogen-bond donors (Lipinski definition) is 0. The van der Waals surface area contributed by atoms with Gasteiger partial charge in [-0.3, -0.25) is 9.46 Å². The average molecular weight is 333 g/mol. The highest BCUT2D eigenvalue weighted by molar-refractivity contribution is 7.54. The zero-order valence-electron chi connectivity index (χ0n) is 14.2. The molecule has 128 valence electrons. The van der Waals surface area contributed by atoms with Gasteiger partial charge in [0, 0.05) is 20.8 Å². The first kappa shape index (κ1) is 17.8. The van der Waals surface area contributed by atoms with Crippen molar-refractivity contribution in [2.24, 2.45) is 11.8 Å². The minimum Gasteiger partial charge on any atom is -0.444 e. The zero-order chi connectivity index (χ0) is 16.5. The van der Waals surface area contributed by atoms with Gasteiger partial charge in [0.15, 0.2) is 0 Å². The second-order valence-electron chi connectivity index (χ2n) is 7.16. The normalized spacial score (nSPS) is 29.3. The number of carbonyl (C=O) groups excluding carboxylic acids is 1. The van der Waals surface area contributed by atoms with Gasteiger partial charge >= 0.3 is 13.7 Å². The van der Waals surface area contributed by atoms with Crippen LogP contribution in [-0.2, 0) is 18.3 Å². The van der Waals surface area contributed by atoms with Gasteiger partial charge < -0.3 is 13.8 Å². The number of hydrogen-bond acceptors (Lipinski definition) is 5. The Hall–Kier alpha value is -0.580. The van der Waals surface area contributed by atoms with E-state index in [-0.39, 0.29) is 5.92 Å². The van der Waals surface area contributed by atoms with Crippen molar-refractivity contribution in [2.45, 2.75) is 57.8 Å². The molecule has 1 saturated carbocycles. The first-order chi connectivity index (χ1) is 10.2. The molecule has 1 aliphatic carbocycles. The van der Waals surface area contributed by atoms with Gasteiger partial charge in [0.1, 0.15) is 11.4 Å². The summed E-state index contributed by atoms with van der Waals surface area (Å²) in [5, 5.41) is 0. The summed E-state index contributed by atoms with van der Waals surface area (Å²) in [5.74, 6) is -0.0282. The minimum absolute atomic E-state index is 0.159. The largest absolute Gasteiger partial charge is 0.444 e. The molecule has 0 unspecified atom stereocenters. The number of amides is 1. The van der Waals surface area contributed by atoms with Crippen molar-refractivity contribution in [3.63, 3.8) is 0 Å². The highest BCUT2D eigenvalue weighted by atomic mass is 31.2. The van der Waals surface area contributed by atoms with Crippen LogP contribution >= 0.6 is 7.60 Å². The van der Waals surface area contributed by atoms with Crippen LogP contribution < -0.4 is 0 Å². The van der Waals surface area contributed by atoms with Crippen LogP contribution in [0, 0.1) is 11.8 Å². The van der Waals surface area contributed by atoms with Gasteiger partial charge in [0.2, 0.25) is 0 Å². The van der Waals surface area contributed by atoms with Gasteiger partial charge in [0.25, 0.3) is 0 Å². The Kier molecular flexibility index (Phi) is 5.25. The molecule has 2 rings (SSSR count). The molecule has 6 nitrogen and oxygen atoms in total. The Morgan fingerprint density at radius 1 is 1.14 bits per heavy atom. The molecule has 1 amide bonds. The molecule has 0 aromatic rings. The molecule has 0 bridgehead atoms. The lowest BCUT2D eigenvalue weighted by atomic mass is 9.82. The SMILES string of the molecule is COP(=O)(OC)[C@@H]1[C@@H]2CCCC[C@@H]2CN1C(=O)OC(C)(C)C. The quantitative estimate of drug-likeness (QED) is 0.734. The van der Waals surface area contributed by atoms with E-state index in [0.29, 0.717) is 12.5 Å². The van der Waals surface area contributed by atoms with Gasteiger partial charge in [0.05, 0.1) is 0 Å². The van der Waals surface area contributed by atoms with E-state index < -0.39 is 25.1 Å². The molecule has 1 heterocycles. The summed E-state index contributed by atoms with van der Waals surface area (Å²) in [6.07, 6.45) is 3.81. The summed E-state index contributed by atoms with van der Waals surface area (Å²) >= 11 is 0. The van der Waals surface area contributed by atoms with Crippen LogP contribution in [0.1, 0.15) is 46.5 Å². The molecule has 2 fully saturated rings. The van der Waals surface area contributed by atoms with E-state index in [1.54, 1.807) is 4.90 Å². The second-order valence-corrected chi connectivity index (χ2v) is 9.50. The number of fused-ring (bicyclic) bond motifs is 1. The van der Waals surface area contributed by atoms with Crippen molar-refractivity contribution in [2.75, 3.05) is 20.8 Å². The lowest BCUT2D eigenvalue weighted by Gasteiger charge is -2.34. The Balaban J connectivity index is 2.29. The highest BCUT2D eigenvalue weighted by Gasteiger charge is 2.55. The molecule has 3 atom stereocenters. The molecule has 0 radical (unpaired) electrons. The molecule has 1 aliphatic heterocycles. The summed E-state index contributed by atoms with van der Waals surface area (Å²) in [5.41, 5.74) is -0.584. The van der Waals surface area contributed by atoms with Crippen molar-refractivity contribution >= 4 is 13.7 Å². The first-order valence-corrected chi connectivity index (χ1v) is 9.54. The summed E-state index contributed by atoms with van der Waals surface area (Å²) in [6.45, 7) is 6.06. The topological polar surface area (TPSA) is 65.1 Å². The van der Waals surface area contributed by atoms with Crippen LogP contribution in [0.25, 0.3) is 0 Å². The van der Waals surface area contributed by atoms with Crippen molar-refractivity contribution in [1.82, 2.24) is 4.90 Å². The third kappa shape index (κ3) is 3.50. The van der Waals surface area contributed by atoms with Crippen LogP contribution in [0.2, 0.25) is 0 Å². The smallest absolute Gasteiger partial charge is 0.411 e. The van der Waals surface area contributed by atoms with E-state index in [1.165, 1.54) is 14.2 Å². The van der Waals surface area contributed by atoms with Crippen molar-refractivity contribution in [1.29, 1.82) is 0 Å². The standard InChI is InChI=1S/C15H28NO5P/c1-15(2,3)21-14(17)16-10-11-8-6-7-9-12(11)13(16)22(18,19-4)20-5/h11-13H,6-10H2,1-5H3/t11-,12-,13-/m1/s1. The second kappa shape index (κ2) is 6.50. The Morgan fingerprint density at radius 2 is 1.73 bits per heavy atom. The molecule has 0 N–H and O–H groups in total. The third-order valence-electron chi connectivity index (χ3n) is 4.56. The maximum atomic E-state index is 13.0. The molecular formula is C15H28NO5P. The molecule has 2 aliphatic rings. The van der Waals surface area contributed by atoms with Crippen LogP contribution in [-0.4, -0.2) is 43.1 Å². The number of ether oxygens (including phenoxy) is 1. The molecule has 0 spiro atoms. The van der Waals surface area contributed by atoms with Crippen LogP contribution in [0.4, 0.5) is 4.79 Å². The highest BCUT2D eigenvalue weighted by Crippen LogP contribution is 2.61. The summed E-state index contributed by atoms with van der Waals surface area (Å²) in [7, 11) is -0.603. The predicted octanol–water partition coefficient (Wildman–Crippen LogP) is 3.86. The van der Waals surface area contributed by atoms with Gasteiger partial charge in [-0.05, 0) is 45.4 Å². The molecule has 1 saturated heterocycles. The van der Waals surface area contributed by atoms with Crippen molar-refractivity contribution < 1.29 is 23.1 Å². The first-order valence-electron chi connectivity index (χ1n) is 7.92.